The molecule has 1 heterocycles. The van der Waals surface area contributed by atoms with E-state index in [-0.39, 0.29) is 0 Å². The lowest BCUT2D eigenvalue weighted by Gasteiger charge is -2.14. The number of benzene rings is 1. The van der Waals surface area contributed by atoms with Crippen molar-refractivity contribution in [1.29, 1.82) is 0 Å². The average Bonchev–Trinajstić information content (AvgIpc) is 2.57. The van der Waals surface area contributed by atoms with E-state index in [2.05, 4.69) is 10.2 Å². The van der Waals surface area contributed by atoms with Gasteiger partial charge < -0.3 is 12.9 Å². The number of halogens is 3. The molecular formula is C9H9BF3N2-. The fourth-order valence-corrected chi connectivity index (χ4v) is 1.55. The molecule has 0 bridgehead atoms. The summed E-state index contributed by atoms with van der Waals surface area (Å²) >= 11 is 0. The topological polar surface area (TPSA) is 28.7 Å². The Kier molecular flexibility index (Phi) is 2.21. The van der Waals surface area contributed by atoms with Gasteiger partial charge in [-0.15, -0.1) is 5.46 Å². The summed E-state index contributed by atoms with van der Waals surface area (Å²) in [6.45, 7) is -3.05. The molecule has 0 unspecified atom stereocenters. The number of rotatable bonds is 2. The number of hydrogen-bond acceptors (Lipinski definition) is 1. The van der Waals surface area contributed by atoms with E-state index in [4.69, 9.17) is 0 Å². The van der Waals surface area contributed by atoms with Gasteiger partial charge in [-0.2, -0.15) is 5.10 Å². The van der Waals surface area contributed by atoms with Crippen LogP contribution in [0.2, 0.25) is 0 Å². The third kappa shape index (κ3) is 1.71. The van der Waals surface area contributed by atoms with Gasteiger partial charge in [-0.05, 0) is 12.5 Å². The molecule has 1 aromatic heterocycles. The summed E-state index contributed by atoms with van der Waals surface area (Å²) in [5.41, 5.74) is 0.751. The summed E-state index contributed by atoms with van der Waals surface area (Å²) in [5, 5.41) is 7.22. The van der Waals surface area contributed by atoms with Gasteiger partial charge in [0, 0.05) is 11.1 Å². The summed E-state index contributed by atoms with van der Waals surface area (Å²) in [5.74, 6) is 0. The van der Waals surface area contributed by atoms with Crippen molar-refractivity contribution in [2.45, 2.75) is 13.3 Å². The Balaban J connectivity index is 2.63. The van der Waals surface area contributed by atoms with Crippen molar-refractivity contribution >= 4 is 23.3 Å². The van der Waals surface area contributed by atoms with E-state index in [0.717, 1.165) is 17.8 Å². The van der Waals surface area contributed by atoms with E-state index in [1.165, 1.54) is 6.07 Å². The second-order valence-corrected chi connectivity index (χ2v) is 3.41. The molecule has 0 aliphatic carbocycles. The zero-order chi connectivity index (χ0) is 11.1. The van der Waals surface area contributed by atoms with E-state index in [0.29, 0.717) is 17.3 Å². The molecular weight excluding hydrogens is 204 g/mol. The van der Waals surface area contributed by atoms with Gasteiger partial charge in [-0.1, -0.05) is 19.1 Å². The third-order valence-corrected chi connectivity index (χ3v) is 2.39. The number of nitrogens with zero attached hydrogens (tertiary/aromatic N) is 1. The van der Waals surface area contributed by atoms with Crippen LogP contribution < -0.4 is 5.46 Å². The molecule has 0 spiro atoms. The van der Waals surface area contributed by atoms with E-state index >= 15 is 0 Å². The van der Waals surface area contributed by atoms with Crippen LogP contribution in [0.3, 0.4) is 0 Å². The van der Waals surface area contributed by atoms with Gasteiger partial charge >= 0.3 is 6.98 Å². The zero-order valence-corrected chi connectivity index (χ0v) is 8.10. The van der Waals surface area contributed by atoms with Gasteiger partial charge in [0.15, 0.2) is 0 Å². The molecule has 1 N–H and O–H groups in total. The summed E-state index contributed by atoms with van der Waals surface area (Å²) in [6, 6.07) is 3.63. The van der Waals surface area contributed by atoms with Crippen LogP contribution in [-0.4, -0.2) is 17.2 Å². The first-order valence-electron chi connectivity index (χ1n) is 4.69. The first kappa shape index (κ1) is 10.1. The van der Waals surface area contributed by atoms with Crippen LogP contribution in [0.15, 0.2) is 18.2 Å². The number of H-pyrrole nitrogens is 1. The highest BCUT2D eigenvalue weighted by Crippen LogP contribution is 2.17. The Morgan fingerprint density at radius 2 is 2.07 bits per heavy atom. The van der Waals surface area contributed by atoms with E-state index in [1.54, 1.807) is 0 Å². The number of hydrogen-bond donors (Lipinski definition) is 1. The Morgan fingerprint density at radius 1 is 1.33 bits per heavy atom. The smallest absolute Gasteiger partial charge is 0.445 e. The van der Waals surface area contributed by atoms with Crippen molar-refractivity contribution in [3.8, 4) is 0 Å². The molecule has 2 aromatic rings. The molecule has 2 rings (SSSR count). The average molecular weight is 213 g/mol. The van der Waals surface area contributed by atoms with Gasteiger partial charge in [0.1, 0.15) is 0 Å². The predicted molar refractivity (Wildman–Crippen MR) is 54.2 cm³/mol. The SMILES string of the molecule is CCc1[nH]nc2ccc([B-](F)(F)F)cc12. The van der Waals surface area contributed by atoms with Crippen molar-refractivity contribution in [3.05, 3.63) is 23.9 Å². The molecule has 0 amide bonds. The molecule has 2 nitrogen and oxygen atoms in total. The highest BCUT2D eigenvalue weighted by atomic mass is 19.4. The number of aryl methyl sites for hydroxylation is 1. The maximum atomic E-state index is 12.5. The lowest BCUT2D eigenvalue weighted by atomic mass is 9.79. The van der Waals surface area contributed by atoms with Crippen LogP contribution in [0.5, 0.6) is 0 Å². The van der Waals surface area contributed by atoms with Crippen molar-refractivity contribution in [1.82, 2.24) is 10.2 Å². The number of aromatic nitrogens is 2. The van der Waals surface area contributed by atoms with Crippen molar-refractivity contribution in [3.63, 3.8) is 0 Å². The van der Waals surface area contributed by atoms with Gasteiger partial charge in [0.2, 0.25) is 0 Å². The van der Waals surface area contributed by atoms with Crippen LogP contribution in [0.1, 0.15) is 12.6 Å². The van der Waals surface area contributed by atoms with Crippen LogP contribution in [0.25, 0.3) is 10.9 Å². The number of nitrogens with one attached hydrogen (secondary N) is 1. The second-order valence-electron chi connectivity index (χ2n) is 3.41. The molecule has 0 atom stereocenters. The predicted octanol–water partition coefficient (Wildman–Crippen LogP) is 2.18. The minimum atomic E-state index is -4.93. The second kappa shape index (κ2) is 3.29. The quantitative estimate of drug-likeness (QED) is 0.761. The van der Waals surface area contributed by atoms with Crippen molar-refractivity contribution in [2.24, 2.45) is 0 Å². The van der Waals surface area contributed by atoms with Gasteiger partial charge in [-0.25, -0.2) is 0 Å². The first-order valence-corrected chi connectivity index (χ1v) is 4.69. The lowest BCUT2D eigenvalue weighted by Crippen LogP contribution is -2.33. The minimum absolute atomic E-state index is 0.564. The highest BCUT2D eigenvalue weighted by Gasteiger charge is 2.25. The molecule has 0 aliphatic rings. The molecule has 0 fully saturated rings. The van der Waals surface area contributed by atoms with Crippen molar-refractivity contribution in [2.75, 3.05) is 0 Å². The minimum Gasteiger partial charge on any atom is -0.445 e. The molecule has 0 radical (unpaired) electrons. The maximum Gasteiger partial charge on any atom is 0.509 e. The van der Waals surface area contributed by atoms with E-state index < -0.39 is 12.4 Å². The van der Waals surface area contributed by atoms with Crippen molar-refractivity contribution < 1.29 is 12.9 Å². The summed E-state index contributed by atoms with van der Waals surface area (Å²) in [4.78, 5) is 0. The largest absolute Gasteiger partial charge is 0.509 e. The van der Waals surface area contributed by atoms with Gasteiger partial charge in [0.25, 0.3) is 0 Å². The molecule has 1 aromatic carbocycles. The third-order valence-electron chi connectivity index (χ3n) is 2.39. The standard InChI is InChI=1S/C9H9BF3N2/c1-2-8-7-5-6(10(11,12)13)3-4-9(7)15-14-8/h3-5H,2H2,1H3,(H,14,15)/q-1. The van der Waals surface area contributed by atoms with Gasteiger partial charge in [0.05, 0.1) is 5.52 Å². The molecule has 0 saturated carbocycles. The van der Waals surface area contributed by atoms with Crippen LogP contribution in [0.4, 0.5) is 12.9 Å². The monoisotopic (exact) mass is 213 g/mol. The van der Waals surface area contributed by atoms with Crippen LogP contribution in [-0.2, 0) is 6.42 Å². The lowest BCUT2D eigenvalue weighted by molar-refractivity contribution is 0.501. The van der Waals surface area contributed by atoms with Crippen LogP contribution in [0, 0.1) is 0 Å². The molecule has 6 heteroatoms. The van der Waals surface area contributed by atoms with E-state index in [1.807, 2.05) is 6.92 Å². The Labute approximate surface area is 84.5 Å². The molecule has 0 aliphatic heterocycles. The van der Waals surface area contributed by atoms with E-state index in [9.17, 15) is 12.9 Å². The maximum absolute atomic E-state index is 12.5. The molecule has 0 saturated heterocycles. The summed E-state index contributed by atoms with van der Waals surface area (Å²) in [7, 11) is 0. The Morgan fingerprint density at radius 3 is 2.67 bits per heavy atom. The van der Waals surface area contributed by atoms with Gasteiger partial charge in [-0.3, -0.25) is 5.10 Å². The molecule has 15 heavy (non-hydrogen) atoms. The number of aromatic amines is 1. The summed E-state index contributed by atoms with van der Waals surface area (Å²) < 4.78 is 37.5. The number of fused-ring (bicyclic) bond motifs is 1. The fraction of sp³-hybridized carbons (Fsp3) is 0.222. The van der Waals surface area contributed by atoms with Crippen LogP contribution >= 0.6 is 0 Å². The zero-order valence-electron chi connectivity index (χ0n) is 8.10. The molecule has 80 valence electrons. The Hall–Kier alpha value is -1.46. The highest BCUT2D eigenvalue weighted by molar-refractivity contribution is 6.73. The Bertz CT molecular complexity index is 490. The fourth-order valence-electron chi connectivity index (χ4n) is 1.55. The normalized spacial score (nSPS) is 12.3. The summed E-state index contributed by atoms with van der Waals surface area (Å²) in [6.07, 6.45) is 0.644. The first-order chi connectivity index (χ1) is 7.02.